The number of aromatic nitrogens is 2. The number of hydrogen-bond donors (Lipinski definition) is 1. The Morgan fingerprint density at radius 3 is 2.55 bits per heavy atom. The van der Waals surface area contributed by atoms with Gasteiger partial charge in [0.05, 0.1) is 0 Å². The van der Waals surface area contributed by atoms with Crippen molar-refractivity contribution in [3.05, 3.63) is 17.8 Å². The molecule has 1 aromatic heterocycles. The van der Waals surface area contributed by atoms with Crippen molar-refractivity contribution in [3.8, 4) is 0 Å². The van der Waals surface area contributed by atoms with Crippen molar-refractivity contribution in [3.63, 3.8) is 0 Å². The molecule has 0 radical (unpaired) electrons. The van der Waals surface area contributed by atoms with Crippen molar-refractivity contribution in [2.75, 3.05) is 32.1 Å². The summed E-state index contributed by atoms with van der Waals surface area (Å²) < 4.78 is 0. The Kier molecular flexibility index (Phi) is 4.89. The first-order valence-corrected chi connectivity index (χ1v) is 7.15. The number of hydrogen-bond acceptors (Lipinski definition) is 5. The molecule has 1 aliphatic carbocycles. The first kappa shape index (κ1) is 14.7. The molecule has 0 spiro atoms. The highest BCUT2D eigenvalue weighted by molar-refractivity contribution is 5.91. The van der Waals surface area contributed by atoms with Crippen LogP contribution in [0.3, 0.4) is 0 Å². The lowest BCUT2D eigenvalue weighted by Crippen LogP contribution is -2.42. The monoisotopic (exact) mass is 277 g/mol. The third kappa shape index (κ3) is 3.25. The van der Waals surface area contributed by atoms with E-state index in [1.54, 1.807) is 20.2 Å². The van der Waals surface area contributed by atoms with Gasteiger partial charge in [-0.3, -0.25) is 4.79 Å². The summed E-state index contributed by atoms with van der Waals surface area (Å²) in [7, 11) is 3.42. The van der Waals surface area contributed by atoms with E-state index < -0.39 is 0 Å². The standard InChI is InChI=1S/C14H23N5O/c1-18(2)14(20)12-7-8-13(17-16-12)19(10-4-9-15)11-5-3-6-11/h7-8,11H,3-6,9-10,15H2,1-2H3. The molecule has 0 atom stereocenters. The van der Waals surface area contributed by atoms with Crippen LogP contribution in [-0.2, 0) is 0 Å². The van der Waals surface area contributed by atoms with Crippen molar-refractivity contribution in [1.82, 2.24) is 15.1 Å². The van der Waals surface area contributed by atoms with Gasteiger partial charge in [-0.2, -0.15) is 0 Å². The zero-order valence-electron chi connectivity index (χ0n) is 12.2. The average Bonchev–Trinajstić information content (AvgIpc) is 2.40. The van der Waals surface area contributed by atoms with Gasteiger partial charge in [0.25, 0.3) is 5.91 Å². The van der Waals surface area contributed by atoms with Crippen molar-refractivity contribution in [2.45, 2.75) is 31.7 Å². The molecular weight excluding hydrogens is 254 g/mol. The minimum absolute atomic E-state index is 0.124. The highest BCUT2D eigenvalue weighted by atomic mass is 16.2. The molecule has 1 aliphatic rings. The van der Waals surface area contributed by atoms with Crippen LogP contribution >= 0.6 is 0 Å². The van der Waals surface area contributed by atoms with Crippen molar-refractivity contribution >= 4 is 11.7 Å². The van der Waals surface area contributed by atoms with Crippen LogP contribution in [0.4, 0.5) is 5.82 Å². The van der Waals surface area contributed by atoms with Crippen molar-refractivity contribution < 1.29 is 4.79 Å². The maximum absolute atomic E-state index is 11.8. The van der Waals surface area contributed by atoms with Gasteiger partial charge in [0.1, 0.15) is 0 Å². The molecule has 0 saturated heterocycles. The van der Waals surface area contributed by atoms with Gasteiger partial charge in [0, 0.05) is 26.7 Å². The number of rotatable bonds is 6. The van der Waals surface area contributed by atoms with Crippen LogP contribution in [-0.4, -0.2) is 54.2 Å². The fraction of sp³-hybridized carbons (Fsp3) is 0.643. The Hall–Kier alpha value is -1.69. The molecule has 1 saturated carbocycles. The summed E-state index contributed by atoms with van der Waals surface area (Å²) >= 11 is 0. The van der Waals surface area contributed by atoms with E-state index in [9.17, 15) is 4.79 Å². The number of nitrogens with zero attached hydrogens (tertiary/aromatic N) is 4. The fourth-order valence-electron chi connectivity index (χ4n) is 2.27. The summed E-state index contributed by atoms with van der Waals surface area (Å²) in [6.07, 6.45) is 4.61. The maximum Gasteiger partial charge on any atom is 0.273 e. The first-order valence-electron chi connectivity index (χ1n) is 7.15. The van der Waals surface area contributed by atoms with E-state index in [0.29, 0.717) is 18.3 Å². The van der Waals surface area contributed by atoms with Crippen LogP contribution < -0.4 is 10.6 Å². The predicted molar refractivity (Wildman–Crippen MR) is 78.7 cm³/mol. The molecule has 2 rings (SSSR count). The van der Waals surface area contributed by atoms with E-state index in [1.165, 1.54) is 24.2 Å². The summed E-state index contributed by atoms with van der Waals surface area (Å²) in [5.41, 5.74) is 5.98. The molecule has 1 fully saturated rings. The molecule has 1 heterocycles. The summed E-state index contributed by atoms with van der Waals surface area (Å²) in [6, 6.07) is 4.18. The van der Waals surface area contributed by atoms with Crippen molar-refractivity contribution in [2.24, 2.45) is 5.73 Å². The second kappa shape index (κ2) is 6.65. The quantitative estimate of drug-likeness (QED) is 0.835. The third-order valence-corrected chi connectivity index (χ3v) is 3.69. The number of carbonyl (C=O) groups is 1. The largest absolute Gasteiger partial charge is 0.352 e. The molecule has 0 bridgehead atoms. The van der Waals surface area contributed by atoms with E-state index in [4.69, 9.17) is 5.73 Å². The topological polar surface area (TPSA) is 75.4 Å². The van der Waals surface area contributed by atoms with Gasteiger partial charge in [-0.1, -0.05) is 0 Å². The summed E-state index contributed by atoms with van der Waals surface area (Å²) in [5, 5.41) is 8.28. The molecule has 6 heteroatoms. The van der Waals surface area contributed by atoms with Crippen LogP contribution in [0.15, 0.2) is 12.1 Å². The number of nitrogens with two attached hydrogens (primary N) is 1. The molecule has 0 aromatic carbocycles. The van der Waals surface area contributed by atoms with Crippen LogP contribution in [0.2, 0.25) is 0 Å². The van der Waals surface area contributed by atoms with E-state index >= 15 is 0 Å². The van der Waals surface area contributed by atoms with Gasteiger partial charge in [0.2, 0.25) is 0 Å². The second-order valence-electron chi connectivity index (χ2n) is 5.40. The molecule has 110 valence electrons. The molecule has 0 aliphatic heterocycles. The molecule has 6 nitrogen and oxygen atoms in total. The lowest BCUT2D eigenvalue weighted by Gasteiger charge is -2.38. The molecule has 1 aromatic rings. The van der Waals surface area contributed by atoms with Gasteiger partial charge >= 0.3 is 0 Å². The van der Waals surface area contributed by atoms with Gasteiger partial charge in [0.15, 0.2) is 11.5 Å². The van der Waals surface area contributed by atoms with E-state index in [-0.39, 0.29) is 5.91 Å². The Labute approximate surface area is 120 Å². The van der Waals surface area contributed by atoms with Gasteiger partial charge in [-0.05, 0) is 44.4 Å². The Bertz CT molecular complexity index is 441. The molecular formula is C14H23N5O. The van der Waals surface area contributed by atoms with Crippen molar-refractivity contribution in [1.29, 1.82) is 0 Å². The Morgan fingerprint density at radius 1 is 1.35 bits per heavy atom. The number of amides is 1. The number of carbonyl (C=O) groups excluding carboxylic acids is 1. The maximum atomic E-state index is 11.8. The third-order valence-electron chi connectivity index (χ3n) is 3.69. The van der Waals surface area contributed by atoms with E-state index in [2.05, 4.69) is 15.1 Å². The normalized spacial score (nSPS) is 14.8. The molecule has 1 amide bonds. The summed E-state index contributed by atoms with van der Waals surface area (Å²) in [4.78, 5) is 15.6. The zero-order valence-corrected chi connectivity index (χ0v) is 12.2. The minimum Gasteiger partial charge on any atom is -0.352 e. The van der Waals surface area contributed by atoms with E-state index in [1.807, 2.05) is 6.07 Å². The van der Waals surface area contributed by atoms with Crippen LogP contribution in [0.1, 0.15) is 36.2 Å². The zero-order chi connectivity index (χ0) is 14.5. The summed E-state index contributed by atoms with van der Waals surface area (Å²) in [5.74, 6) is 0.722. The highest BCUT2D eigenvalue weighted by Crippen LogP contribution is 2.28. The fourth-order valence-corrected chi connectivity index (χ4v) is 2.27. The number of anilines is 1. The second-order valence-corrected chi connectivity index (χ2v) is 5.40. The predicted octanol–water partition coefficient (Wildman–Crippen LogP) is 0.886. The highest BCUT2D eigenvalue weighted by Gasteiger charge is 2.26. The van der Waals surface area contributed by atoms with Crippen LogP contribution in [0.5, 0.6) is 0 Å². The van der Waals surface area contributed by atoms with Crippen LogP contribution in [0.25, 0.3) is 0 Å². The van der Waals surface area contributed by atoms with Gasteiger partial charge in [-0.25, -0.2) is 0 Å². The molecule has 0 unspecified atom stereocenters. The smallest absolute Gasteiger partial charge is 0.273 e. The van der Waals surface area contributed by atoms with Gasteiger partial charge < -0.3 is 15.5 Å². The van der Waals surface area contributed by atoms with Crippen LogP contribution in [0, 0.1) is 0 Å². The minimum atomic E-state index is -0.124. The molecule has 20 heavy (non-hydrogen) atoms. The Morgan fingerprint density at radius 2 is 2.10 bits per heavy atom. The Balaban J connectivity index is 2.10. The lowest BCUT2D eigenvalue weighted by molar-refractivity contribution is 0.0821. The lowest BCUT2D eigenvalue weighted by atomic mass is 9.91. The summed E-state index contributed by atoms with van der Waals surface area (Å²) in [6.45, 7) is 1.57. The SMILES string of the molecule is CN(C)C(=O)c1ccc(N(CCCN)C2CCC2)nn1. The first-order chi connectivity index (χ1) is 9.63. The average molecular weight is 277 g/mol. The van der Waals surface area contributed by atoms with Gasteiger partial charge in [-0.15, -0.1) is 10.2 Å². The molecule has 2 N–H and O–H groups in total. The van der Waals surface area contributed by atoms with E-state index in [0.717, 1.165) is 18.8 Å².